The average molecular weight is 312 g/mol. The van der Waals surface area contributed by atoms with E-state index in [1.165, 1.54) is 12.1 Å². The standard InChI is InChI=1S/C15H24N2O3S/c1-5-6-7-14(18)16-12-8-10-13(11-9-12)21(19,20)17-15(2,3)4/h8-11,17H,5-7H2,1-4H3,(H,16,18). The largest absolute Gasteiger partial charge is 0.326 e. The predicted octanol–water partition coefficient (Wildman–Crippen LogP) is 2.89. The fourth-order valence-corrected chi connectivity index (χ4v) is 3.16. The molecule has 0 aliphatic heterocycles. The van der Waals surface area contributed by atoms with E-state index in [0.717, 1.165) is 12.8 Å². The van der Waals surface area contributed by atoms with Crippen molar-refractivity contribution in [3.8, 4) is 0 Å². The van der Waals surface area contributed by atoms with Crippen LogP contribution in [0.1, 0.15) is 47.0 Å². The molecule has 0 fully saturated rings. The lowest BCUT2D eigenvalue weighted by Crippen LogP contribution is -2.40. The van der Waals surface area contributed by atoms with E-state index in [9.17, 15) is 13.2 Å². The molecule has 1 aromatic rings. The fourth-order valence-electron chi connectivity index (χ4n) is 1.74. The maximum atomic E-state index is 12.1. The van der Waals surface area contributed by atoms with E-state index in [-0.39, 0.29) is 10.8 Å². The third-order valence-electron chi connectivity index (χ3n) is 2.65. The summed E-state index contributed by atoms with van der Waals surface area (Å²) in [7, 11) is -3.54. The highest BCUT2D eigenvalue weighted by atomic mass is 32.2. The zero-order valence-corrected chi connectivity index (χ0v) is 13.9. The van der Waals surface area contributed by atoms with Gasteiger partial charge in [-0.3, -0.25) is 4.79 Å². The number of carbonyl (C=O) groups excluding carboxylic acids is 1. The molecule has 0 saturated carbocycles. The molecular weight excluding hydrogens is 288 g/mol. The molecular formula is C15H24N2O3S. The summed E-state index contributed by atoms with van der Waals surface area (Å²) in [5, 5.41) is 2.75. The maximum Gasteiger partial charge on any atom is 0.241 e. The molecule has 0 saturated heterocycles. The molecule has 0 heterocycles. The van der Waals surface area contributed by atoms with Gasteiger partial charge in [0.05, 0.1) is 4.90 Å². The Kier molecular flexibility index (Phi) is 5.92. The van der Waals surface area contributed by atoms with Crippen molar-refractivity contribution in [2.45, 2.75) is 57.4 Å². The number of hydrogen-bond acceptors (Lipinski definition) is 3. The predicted molar refractivity (Wildman–Crippen MR) is 84.7 cm³/mol. The number of amides is 1. The van der Waals surface area contributed by atoms with E-state index in [1.807, 2.05) is 6.92 Å². The van der Waals surface area contributed by atoms with Crippen molar-refractivity contribution in [3.05, 3.63) is 24.3 Å². The second-order valence-electron chi connectivity index (χ2n) is 6.03. The first kappa shape index (κ1) is 17.7. The van der Waals surface area contributed by atoms with Crippen LogP contribution in [0.3, 0.4) is 0 Å². The van der Waals surface area contributed by atoms with Crippen LogP contribution in [0.2, 0.25) is 0 Å². The summed E-state index contributed by atoms with van der Waals surface area (Å²) in [5.41, 5.74) is 0.0668. The molecule has 0 unspecified atom stereocenters. The monoisotopic (exact) mass is 312 g/mol. The molecule has 6 heteroatoms. The van der Waals surface area contributed by atoms with Gasteiger partial charge in [0.15, 0.2) is 0 Å². The molecule has 0 radical (unpaired) electrons. The summed E-state index contributed by atoms with van der Waals surface area (Å²) in [6.07, 6.45) is 2.28. The van der Waals surface area contributed by atoms with Crippen molar-refractivity contribution in [1.82, 2.24) is 4.72 Å². The smallest absolute Gasteiger partial charge is 0.241 e. The average Bonchev–Trinajstić information content (AvgIpc) is 2.34. The van der Waals surface area contributed by atoms with E-state index in [1.54, 1.807) is 32.9 Å². The third-order valence-corrected chi connectivity index (χ3v) is 4.42. The molecule has 1 rings (SSSR count). The number of carbonyl (C=O) groups is 1. The van der Waals surface area contributed by atoms with Gasteiger partial charge in [0.25, 0.3) is 0 Å². The van der Waals surface area contributed by atoms with Crippen LogP contribution >= 0.6 is 0 Å². The number of hydrogen-bond donors (Lipinski definition) is 2. The fraction of sp³-hybridized carbons (Fsp3) is 0.533. The van der Waals surface area contributed by atoms with Gasteiger partial charge in [-0.25, -0.2) is 13.1 Å². The quantitative estimate of drug-likeness (QED) is 0.848. The molecule has 21 heavy (non-hydrogen) atoms. The van der Waals surface area contributed by atoms with Crippen LogP contribution in [0.5, 0.6) is 0 Å². The van der Waals surface area contributed by atoms with Crippen molar-refractivity contribution in [2.24, 2.45) is 0 Å². The molecule has 1 aromatic carbocycles. The molecule has 118 valence electrons. The van der Waals surface area contributed by atoms with Crippen LogP contribution in [0, 0.1) is 0 Å². The highest BCUT2D eigenvalue weighted by Crippen LogP contribution is 2.16. The molecule has 1 amide bonds. The Bertz CT molecular complexity index is 572. The molecule has 0 aliphatic carbocycles. The van der Waals surface area contributed by atoms with Crippen LogP contribution < -0.4 is 10.0 Å². The molecule has 2 N–H and O–H groups in total. The van der Waals surface area contributed by atoms with Crippen molar-refractivity contribution in [2.75, 3.05) is 5.32 Å². The highest BCUT2D eigenvalue weighted by Gasteiger charge is 2.21. The summed E-state index contributed by atoms with van der Waals surface area (Å²) >= 11 is 0. The SMILES string of the molecule is CCCCC(=O)Nc1ccc(S(=O)(=O)NC(C)(C)C)cc1. The van der Waals surface area contributed by atoms with Crippen LogP contribution in [-0.4, -0.2) is 19.9 Å². The Balaban J connectivity index is 2.76. The lowest BCUT2D eigenvalue weighted by atomic mass is 10.1. The van der Waals surface area contributed by atoms with Crippen molar-refractivity contribution in [1.29, 1.82) is 0 Å². The summed E-state index contributed by atoms with van der Waals surface area (Å²) in [6, 6.07) is 6.18. The van der Waals surface area contributed by atoms with Gasteiger partial charge in [-0.15, -0.1) is 0 Å². The van der Waals surface area contributed by atoms with Gasteiger partial charge in [-0.05, 0) is 51.5 Å². The van der Waals surface area contributed by atoms with E-state index in [0.29, 0.717) is 12.1 Å². The zero-order valence-electron chi connectivity index (χ0n) is 13.1. The summed E-state index contributed by atoms with van der Waals surface area (Å²) in [5.74, 6) is -0.0553. The summed E-state index contributed by atoms with van der Waals surface area (Å²) in [4.78, 5) is 11.8. The highest BCUT2D eigenvalue weighted by molar-refractivity contribution is 7.89. The molecule has 5 nitrogen and oxygen atoms in total. The first-order valence-electron chi connectivity index (χ1n) is 7.08. The Morgan fingerprint density at radius 2 is 1.71 bits per heavy atom. The van der Waals surface area contributed by atoms with Crippen molar-refractivity contribution < 1.29 is 13.2 Å². The minimum atomic E-state index is -3.54. The number of unbranched alkanes of at least 4 members (excludes halogenated alkanes) is 1. The number of benzene rings is 1. The van der Waals surface area contributed by atoms with Crippen molar-refractivity contribution >= 4 is 21.6 Å². The normalized spacial score (nSPS) is 12.2. The van der Waals surface area contributed by atoms with E-state index >= 15 is 0 Å². The third kappa shape index (κ3) is 6.27. The van der Waals surface area contributed by atoms with Gasteiger partial charge in [0.1, 0.15) is 0 Å². The van der Waals surface area contributed by atoms with Gasteiger partial charge in [0, 0.05) is 17.6 Å². The molecule has 0 spiro atoms. The molecule has 0 aliphatic rings. The Hall–Kier alpha value is -1.40. The van der Waals surface area contributed by atoms with Crippen LogP contribution in [0.25, 0.3) is 0 Å². The van der Waals surface area contributed by atoms with Gasteiger partial charge < -0.3 is 5.32 Å². The second kappa shape index (κ2) is 7.04. The Morgan fingerprint density at radius 3 is 2.19 bits per heavy atom. The van der Waals surface area contributed by atoms with Crippen LogP contribution in [0.15, 0.2) is 29.2 Å². The molecule has 0 bridgehead atoms. The topological polar surface area (TPSA) is 75.3 Å². The van der Waals surface area contributed by atoms with E-state index < -0.39 is 15.6 Å². The van der Waals surface area contributed by atoms with Crippen LogP contribution in [0.4, 0.5) is 5.69 Å². The van der Waals surface area contributed by atoms with E-state index in [2.05, 4.69) is 10.0 Å². The molecule has 0 aromatic heterocycles. The van der Waals surface area contributed by atoms with Crippen molar-refractivity contribution in [3.63, 3.8) is 0 Å². The summed E-state index contributed by atoms with van der Waals surface area (Å²) in [6.45, 7) is 7.38. The van der Waals surface area contributed by atoms with Gasteiger partial charge >= 0.3 is 0 Å². The first-order valence-corrected chi connectivity index (χ1v) is 8.56. The Labute approximate surface area is 127 Å². The number of nitrogens with one attached hydrogen (secondary N) is 2. The zero-order chi connectivity index (χ0) is 16.1. The first-order chi connectivity index (χ1) is 9.64. The number of sulfonamides is 1. The van der Waals surface area contributed by atoms with Gasteiger partial charge in [-0.2, -0.15) is 0 Å². The van der Waals surface area contributed by atoms with Gasteiger partial charge in [0.2, 0.25) is 15.9 Å². The van der Waals surface area contributed by atoms with Gasteiger partial charge in [-0.1, -0.05) is 13.3 Å². The molecule has 0 atom stereocenters. The Morgan fingerprint density at radius 1 is 1.14 bits per heavy atom. The number of anilines is 1. The second-order valence-corrected chi connectivity index (χ2v) is 7.71. The minimum Gasteiger partial charge on any atom is -0.326 e. The van der Waals surface area contributed by atoms with E-state index in [4.69, 9.17) is 0 Å². The van der Waals surface area contributed by atoms with Crippen LogP contribution in [-0.2, 0) is 14.8 Å². The number of rotatable bonds is 6. The maximum absolute atomic E-state index is 12.1. The lowest BCUT2D eigenvalue weighted by molar-refractivity contribution is -0.116. The lowest BCUT2D eigenvalue weighted by Gasteiger charge is -2.20. The minimum absolute atomic E-state index is 0.0553. The summed E-state index contributed by atoms with van der Waals surface area (Å²) < 4.78 is 26.8.